The molecular weight excluding hydrogens is 330 g/mol. The topological polar surface area (TPSA) is 73.2 Å². The molecule has 0 bridgehead atoms. The summed E-state index contributed by atoms with van der Waals surface area (Å²) in [7, 11) is 1.63. The van der Waals surface area contributed by atoms with Crippen LogP contribution >= 0.6 is 11.6 Å². The molecule has 24 heavy (non-hydrogen) atoms. The number of hydrogen-bond donors (Lipinski definition) is 1. The number of benzene rings is 1. The predicted molar refractivity (Wildman–Crippen MR) is 92.4 cm³/mol. The van der Waals surface area contributed by atoms with Crippen LogP contribution in [0, 0.1) is 20.8 Å². The molecule has 1 aromatic carbocycles. The Kier molecular flexibility index (Phi) is 5.29. The highest BCUT2D eigenvalue weighted by atomic mass is 35.5. The molecule has 1 heterocycles. The highest BCUT2D eigenvalue weighted by Gasteiger charge is 2.25. The fraction of sp³-hybridized carbons (Fsp3) is 0.353. The van der Waals surface area contributed by atoms with Crippen molar-refractivity contribution in [2.45, 2.75) is 33.8 Å². The largest absolute Gasteiger partial charge is 0.449 e. The number of nitrogens with zero attached hydrogens (tertiary/aromatic N) is 2. The van der Waals surface area contributed by atoms with Crippen molar-refractivity contribution in [2.24, 2.45) is 7.05 Å². The van der Waals surface area contributed by atoms with E-state index < -0.39 is 18.0 Å². The Labute approximate surface area is 145 Å². The van der Waals surface area contributed by atoms with Crippen molar-refractivity contribution in [3.05, 3.63) is 45.7 Å². The van der Waals surface area contributed by atoms with Crippen LogP contribution in [0.15, 0.2) is 18.2 Å². The van der Waals surface area contributed by atoms with Crippen molar-refractivity contribution in [1.29, 1.82) is 0 Å². The minimum absolute atomic E-state index is 0.172. The monoisotopic (exact) mass is 349 g/mol. The van der Waals surface area contributed by atoms with E-state index in [2.05, 4.69) is 10.4 Å². The number of aromatic nitrogens is 2. The lowest BCUT2D eigenvalue weighted by Gasteiger charge is -2.15. The number of halogens is 1. The van der Waals surface area contributed by atoms with Gasteiger partial charge < -0.3 is 10.1 Å². The molecule has 128 valence electrons. The predicted octanol–water partition coefficient (Wildman–Crippen LogP) is 3.18. The molecule has 0 saturated carbocycles. The summed E-state index contributed by atoms with van der Waals surface area (Å²) >= 11 is 6.04. The number of carbonyl (C=O) groups excluding carboxylic acids is 2. The molecule has 0 radical (unpaired) electrons. The summed E-state index contributed by atoms with van der Waals surface area (Å²) in [5, 5.41) is 7.01. The second kappa shape index (κ2) is 7.05. The minimum Gasteiger partial charge on any atom is -0.449 e. The van der Waals surface area contributed by atoms with Gasteiger partial charge in [-0.1, -0.05) is 23.7 Å². The number of aryl methyl sites for hydroxylation is 4. The second-order valence-corrected chi connectivity index (χ2v) is 6.09. The van der Waals surface area contributed by atoms with Crippen LogP contribution in [0.2, 0.25) is 5.15 Å². The third-order valence-electron chi connectivity index (χ3n) is 3.66. The Hall–Kier alpha value is -2.34. The first kappa shape index (κ1) is 18.0. The minimum atomic E-state index is -0.965. The molecule has 6 nitrogen and oxygen atoms in total. The van der Waals surface area contributed by atoms with Crippen molar-refractivity contribution in [3.8, 4) is 0 Å². The number of esters is 1. The van der Waals surface area contributed by atoms with Crippen LogP contribution < -0.4 is 5.32 Å². The summed E-state index contributed by atoms with van der Waals surface area (Å²) in [5.74, 6) is -1.08. The molecule has 1 unspecified atom stereocenters. The quantitative estimate of drug-likeness (QED) is 0.860. The van der Waals surface area contributed by atoms with Gasteiger partial charge in [-0.15, -0.1) is 0 Å². The van der Waals surface area contributed by atoms with Gasteiger partial charge in [-0.2, -0.15) is 5.10 Å². The fourth-order valence-corrected chi connectivity index (χ4v) is 2.49. The van der Waals surface area contributed by atoms with E-state index in [1.807, 2.05) is 32.0 Å². The summed E-state index contributed by atoms with van der Waals surface area (Å²) < 4.78 is 6.61. The molecule has 1 aromatic heterocycles. The van der Waals surface area contributed by atoms with Crippen molar-refractivity contribution < 1.29 is 14.3 Å². The zero-order valence-corrected chi connectivity index (χ0v) is 15.1. The maximum atomic E-state index is 12.3. The van der Waals surface area contributed by atoms with Gasteiger partial charge in [0.05, 0.1) is 5.69 Å². The van der Waals surface area contributed by atoms with E-state index in [1.165, 1.54) is 11.6 Å². The molecule has 2 aromatic rings. The number of anilines is 1. The van der Waals surface area contributed by atoms with Crippen LogP contribution in [0.4, 0.5) is 5.69 Å². The molecule has 1 atom stereocenters. The molecule has 0 aliphatic carbocycles. The van der Waals surface area contributed by atoms with Gasteiger partial charge in [-0.3, -0.25) is 9.48 Å². The van der Waals surface area contributed by atoms with Gasteiger partial charge in [0.2, 0.25) is 0 Å². The molecule has 0 fully saturated rings. The van der Waals surface area contributed by atoms with E-state index >= 15 is 0 Å². The zero-order valence-electron chi connectivity index (χ0n) is 14.3. The number of nitrogens with one attached hydrogen (secondary N) is 1. The summed E-state index contributed by atoms with van der Waals surface area (Å²) in [6.45, 7) is 7.00. The second-order valence-electron chi connectivity index (χ2n) is 5.73. The third-order valence-corrected chi connectivity index (χ3v) is 4.09. The Bertz CT molecular complexity index is 799. The summed E-state index contributed by atoms with van der Waals surface area (Å²) in [4.78, 5) is 24.5. The van der Waals surface area contributed by atoms with Crippen LogP contribution in [0.25, 0.3) is 0 Å². The highest BCUT2D eigenvalue weighted by molar-refractivity contribution is 6.32. The van der Waals surface area contributed by atoms with E-state index in [-0.39, 0.29) is 10.7 Å². The van der Waals surface area contributed by atoms with E-state index in [1.54, 1.807) is 14.0 Å². The van der Waals surface area contributed by atoms with Crippen molar-refractivity contribution >= 4 is 29.2 Å². The van der Waals surface area contributed by atoms with Crippen LogP contribution in [-0.2, 0) is 16.6 Å². The Morgan fingerprint density at radius 3 is 2.54 bits per heavy atom. The van der Waals surface area contributed by atoms with Gasteiger partial charge in [0.25, 0.3) is 5.91 Å². The fourth-order valence-electron chi connectivity index (χ4n) is 2.24. The SMILES string of the molecule is Cc1ccc(C)c(NC(=O)C(C)OC(=O)c2c(C)nn(C)c2Cl)c1. The van der Waals surface area contributed by atoms with Crippen molar-refractivity contribution in [1.82, 2.24) is 9.78 Å². The van der Waals surface area contributed by atoms with Crippen LogP contribution in [0.5, 0.6) is 0 Å². The number of rotatable bonds is 4. The molecular formula is C17H20ClN3O3. The maximum absolute atomic E-state index is 12.3. The van der Waals surface area contributed by atoms with E-state index in [0.717, 1.165) is 11.1 Å². The molecule has 2 rings (SSSR count). The summed E-state index contributed by atoms with van der Waals surface area (Å²) in [6.07, 6.45) is -0.965. The number of carbonyl (C=O) groups is 2. The molecule has 1 N–H and O–H groups in total. The molecule has 0 saturated heterocycles. The molecule has 7 heteroatoms. The van der Waals surface area contributed by atoms with Gasteiger partial charge in [0.1, 0.15) is 10.7 Å². The third kappa shape index (κ3) is 3.76. The average Bonchev–Trinajstić information content (AvgIpc) is 2.75. The molecule has 1 amide bonds. The van der Waals surface area contributed by atoms with Gasteiger partial charge in [-0.05, 0) is 44.9 Å². The Morgan fingerprint density at radius 2 is 1.96 bits per heavy atom. The lowest BCUT2D eigenvalue weighted by atomic mass is 10.1. The standard InChI is InChI=1S/C17H20ClN3O3/c1-9-6-7-10(2)13(8-9)19-16(22)12(4)24-17(23)14-11(3)20-21(5)15(14)18/h6-8,12H,1-5H3,(H,19,22). The smallest absolute Gasteiger partial charge is 0.343 e. The van der Waals surface area contributed by atoms with E-state index in [4.69, 9.17) is 16.3 Å². The Morgan fingerprint density at radius 1 is 1.29 bits per heavy atom. The van der Waals surface area contributed by atoms with Crippen LogP contribution in [0.1, 0.15) is 34.1 Å². The van der Waals surface area contributed by atoms with Gasteiger partial charge in [0, 0.05) is 12.7 Å². The average molecular weight is 350 g/mol. The van der Waals surface area contributed by atoms with Gasteiger partial charge >= 0.3 is 5.97 Å². The summed E-state index contributed by atoms with van der Waals surface area (Å²) in [6, 6.07) is 5.74. The molecule has 0 aliphatic heterocycles. The maximum Gasteiger partial charge on any atom is 0.343 e. The number of hydrogen-bond acceptors (Lipinski definition) is 4. The highest BCUT2D eigenvalue weighted by Crippen LogP contribution is 2.21. The first-order valence-electron chi connectivity index (χ1n) is 7.49. The van der Waals surface area contributed by atoms with Gasteiger partial charge in [0.15, 0.2) is 6.10 Å². The summed E-state index contributed by atoms with van der Waals surface area (Å²) in [5.41, 5.74) is 3.27. The molecule has 0 aliphatic rings. The van der Waals surface area contributed by atoms with Crippen LogP contribution in [-0.4, -0.2) is 27.8 Å². The molecule has 0 spiro atoms. The first-order chi connectivity index (χ1) is 11.2. The lowest BCUT2D eigenvalue weighted by molar-refractivity contribution is -0.123. The zero-order chi connectivity index (χ0) is 18.0. The van der Waals surface area contributed by atoms with Crippen molar-refractivity contribution in [3.63, 3.8) is 0 Å². The van der Waals surface area contributed by atoms with E-state index in [9.17, 15) is 9.59 Å². The first-order valence-corrected chi connectivity index (χ1v) is 7.86. The Balaban J connectivity index is 2.08. The van der Waals surface area contributed by atoms with Crippen molar-refractivity contribution in [2.75, 3.05) is 5.32 Å². The van der Waals surface area contributed by atoms with Crippen LogP contribution in [0.3, 0.4) is 0 Å². The normalized spacial score (nSPS) is 11.9. The van der Waals surface area contributed by atoms with Gasteiger partial charge in [-0.25, -0.2) is 4.79 Å². The number of ether oxygens (including phenoxy) is 1. The lowest BCUT2D eigenvalue weighted by Crippen LogP contribution is -2.30. The van der Waals surface area contributed by atoms with E-state index in [0.29, 0.717) is 11.4 Å². The number of amides is 1.